The van der Waals surface area contributed by atoms with Gasteiger partial charge in [0, 0.05) is 37.1 Å². The van der Waals surface area contributed by atoms with E-state index in [4.69, 9.17) is 0 Å². The number of carbonyl (C=O) groups is 2. The molecule has 0 N–H and O–H groups in total. The second kappa shape index (κ2) is 8.35. The van der Waals surface area contributed by atoms with Gasteiger partial charge in [-0.2, -0.15) is 0 Å². The number of amides is 2. The first kappa shape index (κ1) is 19.0. The van der Waals surface area contributed by atoms with E-state index < -0.39 is 0 Å². The van der Waals surface area contributed by atoms with Crippen LogP contribution in [0.5, 0.6) is 0 Å². The van der Waals surface area contributed by atoms with Gasteiger partial charge in [-0.3, -0.25) is 9.59 Å². The van der Waals surface area contributed by atoms with Crippen LogP contribution in [0.4, 0.5) is 5.69 Å². The quantitative estimate of drug-likeness (QED) is 0.777. The topological polar surface area (TPSA) is 53.5 Å². The number of fused-ring (bicyclic) bond motifs is 2. The van der Waals surface area contributed by atoms with Gasteiger partial charge in [0.15, 0.2) is 0 Å². The Hall–Kier alpha value is -2.34. The fourth-order valence-electron chi connectivity index (χ4n) is 3.78. The molecule has 0 radical (unpaired) electrons. The highest BCUT2D eigenvalue weighted by atomic mass is 32.2. The van der Waals surface area contributed by atoms with E-state index in [0.717, 1.165) is 41.5 Å². The zero-order chi connectivity index (χ0) is 19.5. The maximum Gasteiger partial charge on any atom is 0.259 e. The van der Waals surface area contributed by atoms with Crippen molar-refractivity contribution in [2.45, 2.75) is 42.5 Å². The van der Waals surface area contributed by atoms with Gasteiger partial charge in [0.2, 0.25) is 5.91 Å². The van der Waals surface area contributed by atoms with Crippen LogP contribution in [0.1, 0.15) is 43.0 Å². The summed E-state index contributed by atoms with van der Waals surface area (Å²) >= 11 is 1.52. The Morgan fingerprint density at radius 2 is 1.96 bits per heavy atom. The summed E-state index contributed by atoms with van der Waals surface area (Å²) in [7, 11) is 0. The van der Waals surface area contributed by atoms with Crippen molar-refractivity contribution in [3.8, 4) is 0 Å². The van der Waals surface area contributed by atoms with Crippen LogP contribution in [0.25, 0.3) is 0 Å². The van der Waals surface area contributed by atoms with Gasteiger partial charge in [-0.15, -0.1) is 0 Å². The van der Waals surface area contributed by atoms with Crippen molar-refractivity contribution < 1.29 is 9.59 Å². The fraction of sp³-hybridized carbons (Fsp3) is 0.409. The molecule has 6 heteroatoms. The fourth-order valence-corrected chi connectivity index (χ4v) is 4.80. The number of likely N-dealkylation sites (tertiary alicyclic amines) is 1. The minimum absolute atomic E-state index is 0.0194. The third-order valence-corrected chi connectivity index (χ3v) is 6.60. The number of rotatable bonds is 4. The predicted octanol–water partition coefficient (Wildman–Crippen LogP) is 4.23. The largest absolute Gasteiger partial charge is 0.343 e. The molecule has 2 amide bonds. The average Bonchev–Trinajstić information content (AvgIpc) is 2.83. The number of hydrogen-bond donors (Lipinski definition) is 0. The molecule has 1 aromatic carbocycles. The molecule has 1 aromatic heterocycles. The zero-order valence-electron chi connectivity index (χ0n) is 16.1. The van der Waals surface area contributed by atoms with Crippen molar-refractivity contribution in [3.63, 3.8) is 0 Å². The van der Waals surface area contributed by atoms with Gasteiger partial charge in [0.1, 0.15) is 5.03 Å². The summed E-state index contributed by atoms with van der Waals surface area (Å²) in [5.41, 5.74) is 1.52. The van der Waals surface area contributed by atoms with Crippen molar-refractivity contribution in [3.05, 3.63) is 48.2 Å². The highest BCUT2D eigenvalue weighted by molar-refractivity contribution is 7.99. The maximum atomic E-state index is 13.2. The van der Waals surface area contributed by atoms with Crippen LogP contribution in [-0.4, -0.2) is 41.3 Å². The standard InChI is InChI=1S/C22H25N3O2S/c1-16-10-14-24(15-11-16)20(26)9-5-13-25-18-7-4-12-23-21(18)28-19-8-3-2-6-17(19)22(25)27/h2-4,6-8,12,16H,5,9-11,13-15H2,1H3. The van der Waals surface area contributed by atoms with Gasteiger partial charge in [-0.25, -0.2) is 4.98 Å². The predicted molar refractivity (Wildman–Crippen MR) is 111 cm³/mol. The number of pyridine rings is 1. The normalized spacial score (nSPS) is 17.1. The first-order valence-electron chi connectivity index (χ1n) is 9.95. The lowest BCUT2D eigenvalue weighted by Crippen LogP contribution is -2.38. The van der Waals surface area contributed by atoms with Crippen LogP contribution in [-0.2, 0) is 4.79 Å². The van der Waals surface area contributed by atoms with Crippen LogP contribution in [0, 0.1) is 5.92 Å². The SMILES string of the molecule is CC1CCN(C(=O)CCCN2C(=O)c3ccccc3Sc3ncccc32)CC1. The molecule has 4 rings (SSSR count). The van der Waals surface area contributed by atoms with Crippen LogP contribution >= 0.6 is 11.8 Å². The first-order valence-corrected chi connectivity index (χ1v) is 10.8. The molecule has 28 heavy (non-hydrogen) atoms. The van der Waals surface area contributed by atoms with Gasteiger partial charge in [-0.1, -0.05) is 30.8 Å². The number of piperidine rings is 1. The molecule has 5 nitrogen and oxygen atoms in total. The Labute approximate surface area is 170 Å². The molecule has 2 aliphatic heterocycles. The Morgan fingerprint density at radius 1 is 1.18 bits per heavy atom. The van der Waals surface area contributed by atoms with Crippen LogP contribution < -0.4 is 4.90 Å². The molecule has 0 unspecified atom stereocenters. The second-order valence-corrected chi connectivity index (χ2v) is 8.58. The summed E-state index contributed by atoms with van der Waals surface area (Å²) in [6.45, 7) is 4.48. The summed E-state index contributed by atoms with van der Waals surface area (Å²) in [5, 5.41) is 0.831. The average molecular weight is 396 g/mol. The number of carbonyl (C=O) groups excluding carboxylic acids is 2. The Morgan fingerprint density at radius 3 is 2.79 bits per heavy atom. The monoisotopic (exact) mass is 395 g/mol. The molecule has 3 heterocycles. The molecule has 0 saturated carbocycles. The van der Waals surface area contributed by atoms with Crippen molar-refractivity contribution in [2.24, 2.45) is 5.92 Å². The molecule has 2 aromatic rings. The van der Waals surface area contributed by atoms with E-state index in [0.29, 0.717) is 30.9 Å². The summed E-state index contributed by atoms with van der Waals surface area (Å²) in [6, 6.07) is 11.4. The van der Waals surface area contributed by atoms with Crippen LogP contribution in [0.15, 0.2) is 52.5 Å². The summed E-state index contributed by atoms with van der Waals surface area (Å²) in [6.07, 6.45) is 5.05. The smallest absolute Gasteiger partial charge is 0.259 e. The Kier molecular flexibility index (Phi) is 5.67. The third-order valence-electron chi connectivity index (χ3n) is 5.52. The molecule has 0 bridgehead atoms. The maximum absolute atomic E-state index is 13.2. The molecule has 2 aliphatic rings. The van der Waals surface area contributed by atoms with Crippen molar-refractivity contribution >= 4 is 29.3 Å². The molecule has 1 saturated heterocycles. The summed E-state index contributed by atoms with van der Waals surface area (Å²) < 4.78 is 0. The van der Waals surface area contributed by atoms with Gasteiger partial charge < -0.3 is 9.80 Å². The van der Waals surface area contributed by atoms with Gasteiger partial charge in [0.05, 0.1) is 11.3 Å². The summed E-state index contributed by atoms with van der Waals surface area (Å²) in [5.74, 6) is 0.893. The third kappa shape index (κ3) is 3.92. The number of aromatic nitrogens is 1. The number of anilines is 1. The highest BCUT2D eigenvalue weighted by Gasteiger charge is 2.28. The lowest BCUT2D eigenvalue weighted by molar-refractivity contribution is -0.132. The number of hydrogen-bond acceptors (Lipinski definition) is 4. The highest BCUT2D eigenvalue weighted by Crippen LogP contribution is 2.39. The van der Waals surface area contributed by atoms with Crippen molar-refractivity contribution in [2.75, 3.05) is 24.5 Å². The molecule has 0 aliphatic carbocycles. The Balaban J connectivity index is 1.47. The van der Waals surface area contributed by atoms with Crippen LogP contribution in [0.2, 0.25) is 0 Å². The van der Waals surface area contributed by atoms with E-state index >= 15 is 0 Å². The molecule has 146 valence electrons. The molecule has 1 fully saturated rings. The number of nitrogens with zero attached hydrogens (tertiary/aromatic N) is 3. The molecular weight excluding hydrogens is 370 g/mol. The van der Waals surface area contributed by atoms with Gasteiger partial charge in [-0.05, 0) is 49.4 Å². The Bertz CT molecular complexity index is 878. The van der Waals surface area contributed by atoms with Crippen molar-refractivity contribution in [1.82, 2.24) is 9.88 Å². The minimum Gasteiger partial charge on any atom is -0.343 e. The lowest BCUT2D eigenvalue weighted by Gasteiger charge is -2.30. The van der Waals surface area contributed by atoms with E-state index in [1.54, 1.807) is 11.1 Å². The number of benzene rings is 1. The van der Waals surface area contributed by atoms with E-state index in [1.807, 2.05) is 41.3 Å². The van der Waals surface area contributed by atoms with E-state index in [1.165, 1.54) is 11.8 Å². The van der Waals surface area contributed by atoms with Gasteiger partial charge >= 0.3 is 0 Å². The lowest BCUT2D eigenvalue weighted by atomic mass is 9.99. The molecular formula is C22H25N3O2S. The van der Waals surface area contributed by atoms with E-state index in [2.05, 4.69) is 11.9 Å². The van der Waals surface area contributed by atoms with Gasteiger partial charge in [0.25, 0.3) is 5.91 Å². The molecule has 0 spiro atoms. The second-order valence-electron chi connectivity index (χ2n) is 7.55. The molecule has 0 atom stereocenters. The van der Waals surface area contributed by atoms with Crippen molar-refractivity contribution in [1.29, 1.82) is 0 Å². The minimum atomic E-state index is -0.0194. The summed E-state index contributed by atoms with van der Waals surface area (Å²) in [4.78, 5) is 34.9. The van der Waals surface area contributed by atoms with Crippen LogP contribution in [0.3, 0.4) is 0 Å². The van der Waals surface area contributed by atoms with E-state index in [9.17, 15) is 9.59 Å². The van der Waals surface area contributed by atoms with E-state index in [-0.39, 0.29) is 11.8 Å². The zero-order valence-corrected chi connectivity index (χ0v) is 17.0. The first-order chi connectivity index (χ1) is 13.6.